The number of aryl methyl sites for hydroxylation is 1. The summed E-state index contributed by atoms with van der Waals surface area (Å²) in [6, 6.07) is 2.27. The van der Waals surface area contributed by atoms with Crippen molar-refractivity contribution in [3.63, 3.8) is 0 Å². The predicted molar refractivity (Wildman–Crippen MR) is 60.4 cm³/mol. The maximum Gasteiger partial charge on any atom is 0.127 e. The zero-order chi connectivity index (χ0) is 10.8. The quantitative estimate of drug-likeness (QED) is 0.727. The zero-order valence-electron chi connectivity index (χ0n) is 9.11. The van der Waals surface area contributed by atoms with E-state index in [0.717, 1.165) is 37.2 Å². The van der Waals surface area contributed by atoms with Crippen molar-refractivity contribution >= 4 is 5.82 Å². The third-order valence-corrected chi connectivity index (χ3v) is 3.07. The summed E-state index contributed by atoms with van der Waals surface area (Å²) in [7, 11) is 0. The van der Waals surface area contributed by atoms with Crippen LogP contribution in [0.4, 0.5) is 5.82 Å². The van der Waals surface area contributed by atoms with E-state index >= 15 is 0 Å². The number of nitrogens with zero attached hydrogens (tertiary/aromatic N) is 2. The van der Waals surface area contributed by atoms with Crippen molar-refractivity contribution in [1.29, 1.82) is 0 Å². The smallest absolute Gasteiger partial charge is 0.127 e. The van der Waals surface area contributed by atoms with Crippen LogP contribution >= 0.6 is 0 Å². The van der Waals surface area contributed by atoms with Crippen LogP contribution in [0.2, 0.25) is 0 Å². The van der Waals surface area contributed by atoms with Crippen molar-refractivity contribution < 1.29 is 0 Å². The van der Waals surface area contributed by atoms with Gasteiger partial charge in [-0.1, -0.05) is 0 Å². The lowest BCUT2D eigenvalue weighted by atomic mass is 9.84. The largest absolute Gasteiger partial charge is 0.384 e. The molecule has 1 fully saturated rings. The fraction of sp³-hybridized carbons (Fsp3) is 0.636. The van der Waals surface area contributed by atoms with E-state index in [9.17, 15) is 0 Å². The van der Waals surface area contributed by atoms with Gasteiger partial charge in [0.1, 0.15) is 11.6 Å². The molecule has 1 aliphatic carbocycles. The molecule has 1 aromatic rings. The SMILES string of the molecule is Cc1nc(N)cc(C2CCC(N)CC2)n1. The molecule has 0 saturated heterocycles. The molecule has 0 amide bonds. The van der Waals surface area contributed by atoms with E-state index in [-0.39, 0.29) is 0 Å². The Bertz CT molecular complexity index is 322. The molecule has 15 heavy (non-hydrogen) atoms. The van der Waals surface area contributed by atoms with Crippen molar-refractivity contribution in [3.8, 4) is 0 Å². The fourth-order valence-electron chi connectivity index (χ4n) is 2.24. The van der Waals surface area contributed by atoms with E-state index in [2.05, 4.69) is 9.97 Å². The molecule has 0 unspecified atom stereocenters. The maximum absolute atomic E-state index is 5.88. The second kappa shape index (κ2) is 4.14. The van der Waals surface area contributed by atoms with Crippen molar-refractivity contribution in [3.05, 3.63) is 17.6 Å². The number of nitrogens with two attached hydrogens (primary N) is 2. The topological polar surface area (TPSA) is 77.8 Å². The average Bonchev–Trinajstić information content (AvgIpc) is 2.17. The molecule has 1 saturated carbocycles. The van der Waals surface area contributed by atoms with Crippen LogP contribution in [0.5, 0.6) is 0 Å². The van der Waals surface area contributed by atoms with Gasteiger partial charge in [0.2, 0.25) is 0 Å². The van der Waals surface area contributed by atoms with E-state index in [1.165, 1.54) is 0 Å². The van der Waals surface area contributed by atoms with Gasteiger partial charge in [-0.2, -0.15) is 0 Å². The summed E-state index contributed by atoms with van der Waals surface area (Å²) in [5, 5.41) is 0. The van der Waals surface area contributed by atoms with Gasteiger partial charge in [-0.25, -0.2) is 9.97 Å². The summed E-state index contributed by atoms with van der Waals surface area (Å²) < 4.78 is 0. The van der Waals surface area contributed by atoms with Gasteiger partial charge >= 0.3 is 0 Å². The highest BCUT2D eigenvalue weighted by Crippen LogP contribution is 2.31. The van der Waals surface area contributed by atoms with Gasteiger partial charge in [0.15, 0.2) is 0 Å². The minimum absolute atomic E-state index is 0.376. The van der Waals surface area contributed by atoms with Gasteiger partial charge in [-0.3, -0.25) is 0 Å². The van der Waals surface area contributed by atoms with E-state index in [4.69, 9.17) is 11.5 Å². The van der Waals surface area contributed by atoms with Crippen molar-refractivity contribution in [2.24, 2.45) is 5.73 Å². The summed E-state index contributed by atoms with van der Waals surface area (Å²) in [5.74, 6) is 1.86. The van der Waals surface area contributed by atoms with E-state index in [1.54, 1.807) is 0 Å². The van der Waals surface area contributed by atoms with Crippen LogP contribution in [-0.2, 0) is 0 Å². The summed E-state index contributed by atoms with van der Waals surface area (Å²) in [6.45, 7) is 1.88. The third kappa shape index (κ3) is 2.45. The Morgan fingerprint density at radius 3 is 2.47 bits per heavy atom. The van der Waals surface area contributed by atoms with Crippen LogP contribution in [0.25, 0.3) is 0 Å². The van der Waals surface area contributed by atoms with Gasteiger partial charge in [0, 0.05) is 23.7 Å². The highest BCUT2D eigenvalue weighted by atomic mass is 14.9. The van der Waals surface area contributed by atoms with Crippen LogP contribution in [0.3, 0.4) is 0 Å². The van der Waals surface area contributed by atoms with Crippen LogP contribution in [0, 0.1) is 6.92 Å². The predicted octanol–water partition coefficient (Wildman–Crippen LogP) is 1.35. The lowest BCUT2D eigenvalue weighted by Crippen LogP contribution is -2.26. The molecule has 4 N–H and O–H groups in total. The lowest BCUT2D eigenvalue weighted by molar-refractivity contribution is 0.390. The number of anilines is 1. The van der Waals surface area contributed by atoms with Crippen LogP contribution in [0.15, 0.2) is 6.07 Å². The Balaban J connectivity index is 2.15. The Labute approximate surface area is 90.1 Å². The standard InChI is InChI=1S/C11H18N4/c1-7-14-10(6-11(13)15-7)8-2-4-9(12)5-3-8/h6,8-9H,2-5,12H2,1H3,(H2,13,14,15). The molecule has 1 aromatic heterocycles. The summed E-state index contributed by atoms with van der Waals surface area (Å²) >= 11 is 0. The van der Waals surface area contributed by atoms with Gasteiger partial charge in [0.05, 0.1) is 0 Å². The third-order valence-electron chi connectivity index (χ3n) is 3.07. The number of aromatic nitrogens is 2. The highest BCUT2D eigenvalue weighted by molar-refractivity contribution is 5.31. The Hall–Kier alpha value is -1.16. The first-order valence-corrected chi connectivity index (χ1v) is 5.52. The van der Waals surface area contributed by atoms with E-state index in [1.807, 2.05) is 13.0 Å². The molecule has 0 aliphatic heterocycles. The summed E-state index contributed by atoms with van der Waals surface area (Å²) in [6.07, 6.45) is 4.43. The number of hydrogen-bond acceptors (Lipinski definition) is 4. The summed E-state index contributed by atoms with van der Waals surface area (Å²) in [5.41, 5.74) is 12.7. The molecule has 0 radical (unpaired) electrons. The molecular weight excluding hydrogens is 188 g/mol. The van der Waals surface area contributed by atoms with Crippen LogP contribution < -0.4 is 11.5 Å². The number of hydrogen-bond donors (Lipinski definition) is 2. The lowest BCUT2D eigenvalue weighted by Gasteiger charge is -2.25. The Morgan fingerprint density at radius 1 is 1.20 bits per heavy atom. The molecule has 0 bridgehead atoms. The van der Waals surface area contributed by atoms with E-state index in [0.29, 0.717) is 17.8 Å². The van der Waals surface area contributed by atoms with Gasteiger partial charge in [-0.15, -0.1) is 0 Å². The number of nitrogen functional groups attached to an aromatic ring is 1. The van der Waals surface area contributed by atoms with Crippen molar-refractivity contribution in [2.45, 2.75) is 44.6 Å². The molecule has 0 aromatic carbocycles. The molecular formula is C11H18N4. The van der Waals surface area contributed by atoms with Crippen molar-refractivity contribution in [1.82, 2.24) is 9.97 Å². The van der Waals surface area contributed by atoms with Gasteiger partial charge in [-0.05, 0) is 32.6 Å². The molecule has 2 rings (SSSR count). The van der Waals surface area contributed by atoms with E-state index < -0.39 is 0 Å². The minimum atomic E-state index is 0.376. The summed E-state index contributed by atoms with van der Waals surface area (Å²) in [4.78, 5) is 8.54. The first-order chi connectivity index (χ1) is 7.15. The first kappa shape index (κ1) is 10.4. The van der Waals surface area contributed by atoms with Gasteiger partial charge in [0.25, 0.3) is 0 Å². The Morgan fingerprint density at radius 2 is 1.87 bits per heavy atom. The number of rotatable bonds is 1. The highest BCUT2D eigenvalue weighted by Gasteiger charge is 2.21. The second-order valence-electron chi connectivity index (χ2n) is 4.38. The molecule has 82 valence electrons. The minimum Gasteiger partial charge on any atom is -0.384 e. The van der Waals surface area contributed by atoms with Gasteiger partial charge < -0.3 is 11.5 Å². The zero-order valence-corrected chi connectivity index (χ0v) is 9.11. The van der Waals surface area contributed by atoms with Crippen LogP contribution in [-0.4, -0.2) is 16.0 Å². The molecule has 0 atom stereocenters. The normalized spacial score (nSPS) is 26.5. The van der Waals surface area contributed by atoms with Crippen LogP contribution in [0.1, 0.15) is 43.1 Å². The average molecular weight is 206 g/mol. The molecule has 1 heterocycles. The first-order valence-electron chi connectivity index (χ1n) is 5.52. The van der Waals surface area contributed by atoms with Crippen molar-refractivity contribution in [2.75, 3.05) is 5.73 Å². The second-order valence-corrected chi connectivity index (χ2v) is 4.38. The molecule has 4 nitrogen and oxygen atoms in total. The fourth-order valence-corrected chi connectivity index (χ4v) is 2.24. The molecule has 4 heteroatoms. The monoisotopic (exact) mass is 206 g/mol. The molecule has 1 aliphatic rings. The Kier molecular flexibility index (Phi) is 2.86. The maximum atomic E-state index is 5.88. The molecule has 0 spiro atoms.